The Kier molecular flexibility index (Phi) is 5.11. The van der Waals surface area contributed by atoms with Crippen molar-refractivity contribution in [3.63, 3.8) is 0 Å². The highest BCUT2D eigenvalue weighted by atomic mass is 16.1. The fourth-order valence-corrected chi connectivity index (χ4v) is 3.28. The monoisotopic (exact) mass is 367 g/mol. The minimum absolute atomic E-state index is 0.159. The molecule has 0 aliphatic rings. The van der Waals surface area contributed by atoms with Crippen molar-refractivity contribution in [2.24, 2.45) is 0 Å². The molecule has 0 aliphatic heterocycles. The average Bonchev–Trinajstić information content (AvgIpc) is 2.74. The quantitative estimate of drug-likeness (QED) is 0.506. The van der Waals surface area contributed by atoms with Gasteiger partial charge in [0.15, 0.2) is 0 Å². The van der Waals surface area contributed by atoms with Crippen molar-refractivity contribution in [3.8, 4) is 11.3 Å². The molecule has 4 aromatic rings. The normalized spacial score (nSPS) is 10.8. The molecule has 2 aromatic carbocycles. The first-order valence-corrected chi connectivity index (χ1v) is 9.45. The van der Waals surface area contributed by atoms with Crippen molar-refractivity contribution < 1.29 is 4.79 Å². The van der Waals surface area contributed by atoms with E-state index in [0.29, 0.717) is 11.3 Å². The van der Waals surface area contributed by atoms with E-state index < -0.39 is 0 Å². The second kappa shape index (κ2) is 8.01. The summed E-state index contributed by atoms with van der Waals surface area (Å²) >= 11 is 0. The zero-order chi connectivity index (χ0) is 19.3. The highest BCUT2D eigenvalue weighted by Crippen LogP contribution is 2.26. The number of carbonyl (C=O) groups is 1. The molecule has 28 heavy (non-hydrogen) atoms. The number of nitrogens with zero attached hydrogens (tertiary/aromatic N) is 2. The van der Waals surface area contributed by atoms with E-state index in [1.807, 2.05) is 30.3 Å². The van der Waals surface area contributed by atoms with Crippen molar-refractivity contribution >= 4 is 22.5 Å². The summed E-state index contributed by atoms with van der Waals surface area (Å²) in [6, 6.07) is 21.6. The lowest BCUT2D eigenvalue weighted by molar-refractivity contribution is 0.102. The van der Waals surface area contributed by atoms with E-state index in [9.17, 15) is 4.79 Å². The minimum Gasteiger partial charge on any atom is -0.322 e. The zero-order valence-electron chi connectivity index (χ0n) is 15.7. The molecule has 0 aliphatic carbocycles. The Morgan fingerprint density at radius 1 is 0.964 bits per heavy atom. The highest BCUT2D eigenvalue weighted by Gasteiger charge is 2.14. The summed E-state index contributed by atoms with van der Waals surface area (Å²) in [7, 11) is 0. The van der Waals surface area contributed by atoms with Gasteiger partial charge in [-0.2, -0.15) is 0 Å². The van der Waals surface area contributed by atoms with Crippen LogP contribution in [-0.4, -0.2) is 15.9 Å². The molecule has 0 saturated carbocycles. The number of carbonyl (C=O) groups excluding carboxylic acids is 1. The predicted molar refractivity (Wildman–Crippen MR) is 113 cm³/mol. The number of anilines is 1. The van der Waals surface area contributed by atoms with Crippen LogP contribution in [0.1, 0.15) is 29.3 Å². The van der Waals surface area contributed by atoms with Crippen LogP contribution in [0.25, 0.3) is 22.2 Å². The first-order chi connectivity index (χ1) is 13.7. The van der Waals surface area contributed by atoms with Crippen LogP contribution < -0.4 is 5.32 Å². The van der Waals surface area contributed by atoms with Crippen molar-refractivity contribution in [1.82, 2.24) is 9.97 Å². The van der Waals surface area contributed by atoms with Gasteiger partial charge >= 0.3 is 0 Å². The summed E-state index contributed by atoms with van der Waals surface area (Å²) in [6.45, 7) is 2.17. The molecule has 1 amide bonds. The van der Waals surface area contributed by atoms with Crippen LogP contribution in [0, 0.1) is 0 Å². The smallest absolute Gasteiger partial charge is 0.256 e. The molecule has 2 aromatic heterocycles. The number of nitrogens with one attached hydrogen (secondary N) is 1. The Bertz CT molecular complexity index is 1110. The van der Waals surface area contributed by atoms with E-state index in [2.05, 4.69) is 41.5 Å². The molecule has 138 valence electrons. The largest absolute Gasteiger partial charge is 0.322 e. The van der Waals surface area contributed by atoms with Crippen molar-refractivity contribution in [2.75, 3.05) is 5.32 Å². The number of amides is 1. The highest BCUT2D eigenvalue weighted by molar-refractivity contribution is 6.13. The molecule has 4 nitrogen and oxygen atoms in total. The van der Waals surface area contributed by atoms with E-state index in [-0.39, 0.29) is 5.91 Å². The molecule has 0 radical (unpaired) electrons. The van der Waals surface area contributed by atoms with Gasteiger partial charge in [-0.25, -0.2) is 4.98 Å². The van der Waals surface area contributed by atoms with Crippen LogP contribution in [0.3, 0.4) is 0 Å². The number of para-hydroxylation sites is 1. The number of aryl methyl sites for hydroxylation is 1. The van der Waals surface area contributed by atoms with E-state index in [1.165, 1.54) is 5.56 Å². The van der Waals surface area contributed by atoms with Crippen LogP contribution >= 0.6 is 0 Å². The third kappa shape index (κ3) is 3.76. The molecule has 0 bridgehead atoms. The molecule has 4 heteroatoms. The molecule has 0 saturated heterocycles. The van der Waals surface area contributed by atoms with Gasteiger partial charge in [0, 0.05) is 29.0 Å². The van der Waals surface area contributed by atoms with Gasteiger partial charge in [-0.3, -0.25) is 9.78 Å². The van der Waals surface area contributed by atoms with E-state index in [4.69, 9.17) is 4.98 Å². The van der Waals surface area contributed by atoms with Crippen LogP contribution in [-0.2, 0) is 6.42 Å². The Morgan fingerprint density at radius 2 is 1.71 bits per heavy atom. The molecule has 0 fully saturated rings. The summed E-state index contributed by atoms with van der Waals surface area (Å²) in [4.78, 5) is 21.8. The number of fused-ring (bicyclic) bond motifs is 1. The van der Waals surface area contributed by atoms with E-state index in [0.717, 1.165) is 35.0 Å². The maximum Gasteiger partial charge on any atom is 0.256 e. The molecule has 0 atom stereocenters. The first-order valence-electron chi connectivity index (χ1n) is 9.45. The van der Waals surface area contributed by atoms with Crippen LogP contribution in [0.4, 0.5) is 5.69 Å². The number of aromatic nitrogens is 2. The van der Waals surface area contributed by atoms with E-state index in [1.54, 1.807) is 24.5 Å². The number of hydrogen-bond donors (Lipinski definition) is 1. The lowest BCUT2D eigenvalue weighted by atomic mass is 10.0. The number of rotatable bonds is 5. The SMILES string of the molecule is CCCc1ccc(-c2cc(C(=O)Nc3ccncc3)c3ccccc3n2)cc1. The maximum atomic E-state index is 13.0. The Hall–Kier alpha value is -3.53. The standard InChI is InChI=1S/C24H21N3O/c1-2-5-17-8-10-18(11-9-17)23-16-21(20-6-3-4-7-22(20)27-23)24(28)26-19-12-14-25-15-13-19/h3-4,6-16H,2,5H2,1H3,(H,25,26,28). The van der Waals surface area contributed by atoms with Gasteiger partial charge in [-0.05, 0) is 36.2 Å². The number of benzene rings is 2. The fourth-order valence-electron chi connectivity index (χ4n) is 3.28. The van der Waals surface area contributed by atoms with Crippen molar-refractivity contribution in [3.05, 3.63) is 90.3 Å². The summed E-state index contributed by atoms with van der Waals surface area (Å²) < 4.78 is 0. The third-order valence-corrected chi connectivity index (χ3v) is 4.69. The van der Waals surface area contributed by atoms with Gasteiger partial charge in [0.2, 0.25) is 0 Å². The lowest BCUT2D eigenvalue weighted by Crippen LogP contribution is -2.13. The third-order valence-electron chi connectivity index (χ3n) is 4.69. The van der Waals surface area contributed by atoms with Crippen LogP contribution in [0.15, 0.2) is 79.1 Å². The second-order valence-corrected chi connectivity index (χ2v) is 6.71. The summed E-state index contributed by atoms with van der Waals surface area (Å²) in [5.74, 6) is -0.159. The van der Waals surface area contributed by atoms with Crippen molar-refractivity contribution in [1.29, 1.82) is 0 Å². The van der Waals surface area contributed by atoms with Gasteiger partial charge in [0.05, 0.1) is 16.8 Å². The molecule has 1 N–H and O–H groups in total. The van der Waals surface area contributed by atoms with Gasteiger partial charge in [0.1, 0.15) is 0 Å². The molecule has 0 spiro atoms. The molecule has 4 rings (SSSR count). The summed E-state index contributed by atoms with van der Waals surface area (Å²) in [5, 5.41) is 3.78. The van der Waals surface area contributed by atoms with E-state index >= 15 is 0 Å². The van der Waals surface area contributed by atoms with Gasteiger partial charge in [-0.1, -0.05) is 55.8 Å². The minimum atomic E-state index is -0.159. The average molecular weight is 367 g/mol. The predicted octanol–water partition coefficient (Wildman–Crippen LogP) is 5.50. The fraction of sp³-hybridized carbons (Fsp3) is 0.125. The topological polar surface area (TPSA) is 54.9 Å². The Morgan fingerprint density at radius 3 is 2.46 bits per heavy atom. The molecular formula is C24H21N3O. The van der Waals surface area contributed by atoms with Gasteiger partial charge in [0.25, 0.3) is 5.91 Å². The van der Waals surface area contributed by atoms with Gasteiger partial charge < -0.3 is 5.32 Å². The second-order valence-electron chi connectivity index (χ2n) is 6.71. The first kappa shape index (κ1) is 17.9. The van der Waals surface area contributed by atoms with Gasteiger partial charge in [-0.15, -0.1) is 0 Å². The number of hydrogen-bond acceptors (Lipinski definition) is 3. The molecule has 0 unspecified atom stereocenters. The van der Waals surface area contributed by atoms with Crippen LogP contribution in [0.5, 0.6) is 0 Å². The lowest BCUT2D eigenvalue weighted by Gasteiger charge is -2.11. The Balaban J connectivity index is 1.76. The summed E-state index contributed by atoms with van der Waals surface area (Å²) in [6.07, 6.45) is 5.49. The molecule has 2 heterocycles. The number of pyridine rings is 2. The summed E-state index contributed by atoms with van der Waals surface area (Å²) in [5.41, 5.74) is 5.23. The Labute approximate surface area is 164 Å². The molecular weight excluding hydrogens is 346 g/mol. The van der Waals surface area contributed by atoms with Crippen molar-refractivity contribution in [2.45, 2.75) is 19.8 Å². The maximum absolute atomic E-state index is 13.0. The van der Waals surface area contributed by atoms with Crippen LogP contribution in [0.2, 0.25) is 0 Å². The zero-order valence-corrected chi connectivity index (χ0v) is 15.7.